The van der Waals surface area contributed by atoms with E-state index < -0.39 is 6.10 Å². The molecule has 4 heteroatoms. The molecule has 0 heterocycles. The van der Waals surface area contributed by atoms with Crippen molar-refractivity contribution < 1.29 is 9.53 Å². The number of rotatable bonds is 8. The molecule has 0 spiro atoms. The summed E-state index contributed by atoms with van der Waals surface area (Å²) in [6, 6.07) is 12.6. The number of carbonyl (C=O) groups is 1. The lowest BCUT2D eigenvalue weighted by molar-refractivity contribution is -0.127. The molecule has 1 atom stereocenters. The lowest BCUT2D eigenvalue weighted by atomic mass is 10.1. The van der Waals surface area contributed by atoms with Crippen LogP contribution in [-0.4, -0.2) is 24.3 Å². The molecule has 1 N–H and O–H groups in total. The second-order valence-electron chi connectivity index (χ2n) is 6.80. The Morgan fingerprint density at radius 3 is 2.62 bits per heavy atom. The average Bonchev–Trinajstić information content (AvgIpc) is 2.58. The average molecular weight is 372 g/mol. The van der Waals surface area contributed by atoms with E-state index in [-0.39, 0.29) is 5.91 Å². The first-order valence-electron chi connectivity index (χ1n) is 9.02. The van der Waals surface area contributed by atoms with E-state index in [1.807, 2.05) is 31.7 Å². The highest BCUT2D eigenvalue weighted by Gasteiger charge is 2.16. The van der Waals surface area contributed by atoms with Gasteiger partial charge in [0.05, 0.1) is 0 Å². The van der Waals surface area contributed by atoms with Crippen molar-refractivity contribution in [3.8, 4) is 5.75 Å². The highest BCUT2D eigenvalue weighted by atomic mass is 32.2. The van der Waals surface area contributed by atoms with E-state index in [0.29, 0.717) is 6.54 Å². The second-order valence-corrected chi connectivity index (χ2v) is 7.90. The molecule has 0 bridgehead atoms. The largest absolute Gasteiger partial charge is 0.481 e. The van der Waals surface area contributed by atoms with Gasteiger partial charge in [-0.25, -0.2) is 0 Å². The first kappa shape index (κ1) is 20.4. The first-order valence-corrected chi connectivity index (χ1v) is 10.2. The second kappa shape index (κ2) is 9.67. The fourth-order valence-corrected chi connectivity index (χ4v) is 3.56. The zero-order valence-corrected chi connectivity index (χ0v) is 17.2. The van der Waals surface area contributed by atoms with E-state index in [0.717, 1.165) is 28.4 Å². The Bertz CT molecular complexity index is 758. The zero-order valence-electron chi connectivity index (χ0n) is 16.4. The summed E-state index contributed by atoms with van der Waals surface area (Å²) in [4.78, 5) is 12.3. The number of ether oxygens (including phenoxy) is 1. The van der Waals surface area contributed by atoms with Gasteiger partial charge in [0.2, 0.25) is 0 Å². The highest BCUT2D eigenvalue weighted by Crippen LogP contribution is 2.24. The molecule has 0 radical (unpaired) electrons. The highest BCUT2D eigenvalue weighted by molar-refractivity contribution is 7.98. The van der Waals surface area contributed by atoms with Crippen LogP contribution in [-0.2, 0) is 10.5 Å². The summed E-state index contributed by atoms with van der Waals surface area (Å²) in [6.45, 7) is 10.7. The topological polar surface area (TPSA) is 38.3 Å². The van der Waals surface area contributed by atoms with Crippen LogP contribution >= 0.6 is 11.8 Å². The van der Waals surface area contributed by atoms with E-state index in [2.05, 4.69) is 49.5 Å². The van der Waals surface area contributed by atoms with Crippen molar-refractivity contribution in [1.82, 2.24) is 5.32 Å². The molecule has 1 amide bonds. The molecule has 2 aromatic carbocycles. The molecular weight excluding hydrogens is 342 g/mol. The van der Waals surface area contributed by atoms with Gasteiger partial charge in [0.15, 0.2) is 6.10 Å². The van der Waals surface area contributed by atoms with E-state index in [9.17, 15) is 4.79 Å². The van der Waals surface area contributed by atoms with E-state index in [1.165, 1.54) is 16.7 Å². The molecule has 0 fully saturated rings. The summed E-state index contributed by atoms with van der Waals surface area (Å²) < 4.78 is 5.89. The SMILES string of the molecule is Cc1cccc(CSCCNC(=O)[C@H](C)Oc2cc(C)cc(C)c2C)c1. The molecule has 0 unspecified atom stereocenters. The summed E-state index contributed by atoms with van der Waals surface area (Å²) >= 11 is 1.82. The summed E-state index contributed by atoms with van der Waals surface area (Å²) in [5, 5.41) is 2.96. The Balaban J connectivity index is 1.74. The standard InChI is InChI=1S/C22H29NO2S/c1-15-7-6-8-20(12-15)14-26-10-9-23-22(24)19(5)25-21-13-16(2)11-17(3)18(21)4/h6-8,11-13,19H,9-10,14H2,1-5H3,(H,23,24)/t19-/m0/s1. The number of aryl methyl sites for hydroxylation is 3. The maximum absolute atomic E-state index is 12.3. The third-order valence-corrected chi connectivity index (χ3v) is 5.36. The summed E-state index contributed by atoms with van der Waals surface area (Å²) in [6.07, 6.45) is -0.503. The molecule has 2 aromatic rings. The van der Waals surface area contributed by atoms with E-state index in [4.69, 9.17) is 4.74 Å². The van der Waals surface area contributed by atoms with Crippen LogP contribution in [0, 0.1) is 27.7 Å². The van der Waals surface area contributed by atoms with Crippen LogP contribution in [0.15, 0.2) is 36.4 Å². The Morgan fingerprint density at radius 2 is 1.88 bits per heavy atom. The number of benzene rings is 2. The fraction of sp³-hybridized carbons (Fsp3) is 0.409. The van der Waals surface area contributed by atoms with Crippen LogP contribution in [0.3, 0.4) is 0 Å². The molecule has 0 aromatic heterocycles. The van der Waals surface area contributed by atoms with Crippen molar-refractivity contribution in [1.29, 1.82) is 0 Å². The lowest BCUT2D eigenvalue weighted by Gasteiger charge is -2.18. The van der Waals surface area contributed by atoms with Crippen molar-refractivity contribution in [2.75, 3.05) is 12.3 Å². The van der Waals surface area contributed by atoms with Crippen molar-refractivity contribution in [3.63, 3.8) is 0 Å². The smallest absolute Gasteiger partial charge is 0.260 e. The molecule has 0 aliphatic rings. The van der Waals surface area contributed by atoms with E-state index >= 15 is 0 Å². The number of thioether (sulfide) groups is 1. The minimum atomic E-state index is -0.503. The van der Waals surface area contributed by atoms with Crippen LogP contribution < -0.4 is 10.1 Å². The third kappa shape index (κ3) is 6.10. The van der Waals surface area contributed by atoms with Gasteiger partial charge in [-0.15, -0.1) is 0 Å². The van der Waals surface area contributed by atoms with Crippen LogP contribution in [0.1, 0.15) is 34.7 Å². The Kier molecular flexibility index (Phi) is 7.58. The van der Waals surface area contributed by atoms with E-state index in [1.54, 1.807) is 6.92 Å². The summed E-state index contributed by atoms with van der Waals surface area (Å²) in [7, 11) is 0. The van der Waals surface area contributed by atoms with Crippen LogP contribution in [0.5, 0.6) is 5.75 Å². The van der Waals surface area contributed by atoms with Crippen molar-refractivity contribution in [3.05, 3.63) is 64.2 Å². The molecular formula is C22H29NO2S. The summed E-state index contributed by atoms with van der Waals surface area (Å²) in [5.74, 6) is 2.57. The monoisotopic (exact) mass is 371 g/mol. The third-order valence-electron chi connectivity index (χ3n) is 4.33. The predicted molar refractivity (Wildman–Crippen MR) is 111 cm³/mol. The number of nitrogens with one attached hydrogen (secondary N) is 1. The number of amides is 1. The molecule has 0 saturated heterocycles. The van der Waals surface area contributed by atoms with Gasteiger partial charge in [-0.05, 0) is 62.9 Å². The Morgan fingerprint density at radius 1 is 1.12 bits per heavy atom. The lowest BCUT2D eigenvalue weighted by Crippen LogP contribution is -2.37. The number of carbonyl (C=O) groups excluding carboxylic acids is 1. The van der Waals surface area contributed by atoms with Gasteiger partial charge < -0.3 is 10.1 Å². The normalized spacial score (nSPS) is 11.9. The van der Waals surface area contributed by atoms with Crippen molar-refractivity contribution in [2.24, 2.45) is 0 Å². The van der Waals surface area contributed by atoms with Gasteiger partial charge in [0, 0.05) is 18.1 Å². The zero-order chi connectivity index (χ0) is 19.1. The molecule has 0 saturated carbocycles. The van der Waals surface area contributed by atoms with Crippen LogP contribution in [0.4, 0.5) is 0 Å². The minimum Gasteiger partial charge on any atom is -0.481 e. The molecule has 0 aliphatic carbocycles. The maximum Gasteiger partial charge on any atom is 0.260 e. The number of hydrogen-bond donors (Lipinski definition) is 1. The quantitative estimate of drug-likeness (QED) is 0.681. The predicted octanol–water partition coefficient (Wildman–Crippen LogP) is 4.74. The Hall–Kier alpha value is -1.94. The molecule has 3 nitrogen and oxygen atoms in total. The van der Waals surface area contributed by atoms with Crippen LogP contribution in [0.25, 0.3) is 0 Å². The van der Waals surface area contributed by atoms with Gasteiger partial charge in [0.1, 0.15) is 5.75 Å². The molecule has 140 valence electrons. The fourth-order valence-electron chi connectivity index (χ4n) is 2.75. The van der Waals surface area contributed by atoms with Crippen LogP contribution in [0.2, 0.25) is 0 Å². The number of hydrogen-bond acceptors (Lipinski definition) is 3. The van der Waals surface area contributed by atoms with Crippen molar-refractivity contribution >= 4 is 17.7 Å². The molecule has 2 rings (SSSR count). The first-order chi connectivity index (χ1) is 12.4. The van der Waals surface area contributed by atoms with Gasteiger partial charge in [-0.2, -0.15) is 11.8 Å². The van der Waals surface area contributed by atoms with Gasteiger partial charge in [-0.3, -0.25) is 4.79 Å². The van der Waals surface area contributed by atoms with Gasteiger partial charge >= 0.3 is 0 Å². The summed E-state index contributed by atoms with van der Waals surface area (Å²) in [5.41, 5.74) is 6.01. The minimum absolute atomic E-state index is 0.0697. The van der Waals surface area contributed by atoms with Crippen molar-refractivity contribution in [2.45, 2.75) is 46.5 Å². The molecule has 26 heavy (non-hydrogen) atoms. The molecule has 0 aliphatic heterocycles. The van der Waals surface area contributed by atoms with Gasteiger partial charge in [0.25, 0.3) is 5.91 Å². The van der Waals surface area contributed by atoms with Gasteiger partial charge in [-0.1, -0.05) is 35.9 Å². The maximum atomic E-state index is 12.3. The Labute approximate surface area is 161 Å².